The molecule has 0 spiro atoms. The number of fused-ring (bicyclic) bond motifs is 1. The Bertz CT molecular complexity index is 874. The fourth-order valence-electron chi connectivity index (χ4n) is 2.36. The molecule has 3 heterocycles. The first-order chi connectivity index (χ1) is 10.7. The van der Waals surface area contributed by atoms with Crippen LogP contribution in [0, 0.1) is 0 Å². The molecule has 0 atom stereocenters. The number of methoxy groups -OCH3 is 2. The van der Waals surface area contributed by atoms with E-state index in [-0.39, 0.29) is 5.56 Å². The quantitative estimate of drug-likeness (QED) is 0.735. The maximum atomic E-state index is 12.5. The van der Waals surface area contributed by atoms with Crippen molar-refractivity contribution in [1.82, 2.24) is 14.5 Å². The first-order valence-corrected chi connectivity index (χ1v) is 6.74. The zero-order chi connectivity index (χ0) is 15.5. The van der Waals surface area contributed by atoms with Crippen LogP contribution in [0.25, 0.3) is 10.9 Å². The van der Waals surface area contributed by atoms with Crippen molar-refractivity contribution in [2.45, 2.75) is 6.54 Å². The summed E-state index contributed by atoms with van der Waals surface area (Å²) in [7, 11) is 3.12. The third-order valence-electron chi connectivity index (χ3n) is 3.43. The third kappa shape index (κ3) is 2.39. The van der Waals surface area contributed by atoms with Crippen LogP contribution < -0.4 is 15.0 Å². The first kappa shape index (κ1) is 14.1. The molecule has 0 aromatic carbocycles. The molecule has 3 aromatic heterocycles. The van der Waals surface area contributed by atoms with Crippen LogP contribution in [0.2, 0.25) is 0 Å². The fourth-order valence-corrected chi connectivity index (χ4v) is 2.36. The summed E-state index contributed by atoms with van der Waals surface area (Å²) in [6.07, 6.45) is 5.00. The van der Waals surface area contributed by atoms with E-state index in [1.54, 1.807) is 55.6 Å². The van der Waals surface area contributed by atoms with Gasteiger partial charge in [0.2, 0.25) is 0 Å². The van der Waals surface area contributed by atoms with E-state index in [0.29, 0.717) is 34.6 Å². The molecule has 0 aliphatic rings. The van der Waals surface area contributed by atoms with E-state index < -0.39 is 0 Å². The third-order valence-corrected chi connectivity index (χ3v) is 3.43. The van der Waals surface area contributed by atoms with Gasteiger partial charge in [-0.2, -0.15) is 0 Å². The van der Waals surface area contributed by atoms with Gasteiger partial charge in [-0.25, -0.2) is 0 Å². The van der Waals surface area contributed by atoms with Crippen molar-refractivity contribution in [2.24, 2.45) is 0 Å². The lowest BCUT2D eigenvalue weighted by molar-refractivity contribution is 0.348. The summed E-state index contributed by atoms with van der Waals surface area (Å²) < 4.78 is 12.2. The molecular formula is C16H15N3O3. The van der Waals surface area contributed by atoms with Gasteiger partial charge in [-0.05, 0) is 18.2 Å². The normalized spacial score (nSPS) is 10.6. The van der Waals surface area contributed by atoms with Crippen LogP contribution in [0.1, 0.15) is 5.69 Å². The Hall–Kier alpha value is -2.89. The van der Waals surface area contributed by atoms with Gasteiger partial charge in [0, 0.05) is 24.7 Å². The number of hydrogen-bond donors (Lipinski definition) is 0. The molecule has 0 amide bonds. The number of pyridine rings is 3. The smallest absolute Gasteiger partial charge is 0.260 e. The predicted octanol–water partition coefficient (Wildman–Crippen LogP) is 1.86. The Morgan fingerprint density at radius 3 is 2.73 bits per heavy atom. The molecule has 0 N–H and O–H groups in total. The second-order valence-electron chi connectivity index (χ2n) is 4.68. The van der Waals surface area contributed by atoms with Gasteiger partial charge in [0.1, 0.15) is 5.69 Å². The van der Waals surface area contributed by atoms with Crippen molar-refractivity contribution in [3.8, 4) is 11.5 Å². The zero-order valence-corrected chi connectivity index (χ0v) is 12.3. The molecule has 0 saturated carbocycles. The van der Waals surface area contributed by atoms with Crippen molar-refractivity contribution >= 4 is 10.9 Å². The van der Waals surface area contributed by atoms with Crippen LogP contribution in [0.5, 0.6) is 11.5 Å². The molecule has 3 rings (SSSR count). The van der Waals surface area contributed by atoms with Crippen LogP contribution in [-0.2, 0) is 6.54 Å². The highest BCUT2D eigenvalue weighted by molar-refractivity contribution is 5.76. The van der Waals surface area contributed by atoms with Crippen molar-refractivity contribution in [3.05, 3.63) is 58.9 Å². The zero-order valence-electron chi connectivity index (χ0n) is 12.3. The second-order valence-corrected chi connectivity index (χ2v) is 4.68. The molecule has 0 aliphatic heterocycles. The van der Waals surface area contributed by atoms with Gasteiger partial charge in [0.15, 0.2) is 11.5 Å². The van der Waals surface area contributed by atoms with Crippen LogP contribution in [-0.4, -0.2) is 28.8 Å². The summed E-state index contributed by atoms with van der Waals surface area (Å²) in [5.74, 6) is 1.12. The maximum absolute atomic E-state index is 12.5. The monoisotopic (exact) mass is 297 g/mol. The summed E-state index contributed by atoms with van der Waals surface area (Å²) in [5, 5.41) is 0.576. The van der Waals surface area contributed by atoms with Crippen molar-refractivity contribution in [3.63, 3.8) is 0 Å². The van der Waals surface area contributed by atoms with Crippen LogP contribution in [0.4, 0.5) is 0 Å². The molecule has 3 aromatic rings. The van der Waals surface area contributed by atoms with Crippen molar-refractivity contribution in [2.75, 3.05) is 14.2 Å². The number of aromatic nitrogens is 3. The van der Waals surface area contributed by atoms with Crippen molar-refractivity contribution < 1.29 is 9.47 Å². The Kier molecular flexibility index (Phi) is 3.74. The minimum Gasteiger partial charge on any atom is -0.493 e. The number of nitrogens with zero attached hydrogens (tertiary/aromatic N) is 3. The summed E-state index contributed by atoms with van der Waals surface area (Å²) in [6.45, 7) is 0.296. The van der Waals surface area contributed by atoms with Crippen molar-refractivity contribution in [1.29, 1.82) is 0 Å². The van der Waals surface area contributed by atoms with E-state index in [1.807, 2.05) is 6.07 Å². The Morgan fingerprint density at radius 2 is 1.95 bits per heavy atom. The molecule has 6 heteroatoms. The van der Waals surface area contributed by atoms with Gasteiger partial charge in [-0.3, -0.25) is 14.8 Å². The Balaban J connectivity index is 2.08. The highest BCUT2D eigenvalue weighted by atomic mass is 16.5. The lowest BCUT2D eigenvalue weighted by atomic mass is 10.2. The topological polar surface area (TPSA) is 66.2 Å². The summed E-state index contributed by atoms with van der Waals surface area (Å²) in [4.78, 5) is 21.0. The highest BCUT2D eigenvalue weighted by Gasteiger charge is 2.12. The van der Waals surface area contributed by atoms with E-state index in [1.165, 1.54) is 0 Å². The van der Waals surface area contributed by atoms with Crippen LogP contribution in [0.15, 0.2) is 47.7 Å². The van der Waals surface area contributed by atoms with E-state index in [4.69, 9.17) is 9.47 Å². The van der Waals surface area contributed by atoms with Gasteiger partial charge in [-0.15, -0.1) is 0 Å². The van der Waals surface area contributed by atoms with Gasteiger partial charge in [0.05, 0.1) is 31.7 Å². The SMILES string of the molecule is COc1ccnc(Cn2ccc3ncccc3c2=O)c1OC. The standard InChI is InChI=1S/C16H15N3O3/c1-21-14-5-8-18-13(15(14)22-2)10-19-9-6-12-11(16(19)20)4-3-7-17-12/h3-9H,10H2,1-2H3. The lowest BCUT2D eigenvalue weighted by Crippen LogP contribution is -2.21. The number of ether oxygens (including phenoxy) is 2. The largest absolute Gasteiger partial charge is 0.493 e. The Morgan fingerprint density at radius 1 is 1.09 bits per heavy atom. The second kappa shape index (κ2) is 5.85. The van der Waals surface area contributed by atoms with E-state index in [0.717, 1.165) is 0 Å². The molecule has 0 fully saturated rings. The average molecular weight is 297 g/mol. The molecule has 112 valence electrons. The average Bonchev–Trinajstić information content (AvgIpc) is 2.57. The molecule has 6 nitrogen and oxygen atoms in total. The summed E-state index contributed by atoms with van der Waals surface area (Å²) >= 11 is 0. The van der Waals surface area contributed by atoms with Gasteiger partial charge in [0.25, 0.3) is 5.56 Å². The predicted molar refractivity (Wildman–Crippen MR) is 82.4 cm³/mol. The highest BCUT2D eigenvalue weighted by Crippen LogP contribution is 2.29. The van der Waals surface area contributed by atoms with Gasteiger partial charge < -0.3 is 14.0 Å². The number of rotatable bonds is 4. The minimum atomic E-state index is -0.114. The van der Waals surface area contributed by atoms with Gasteiger partial charge in [-0.1, -0.05) is 0 Å². The molecule has 22 heavy (non-hydrogen) atoms. The molecule has 0 saturated heterocycles. The molecule has 0 unspecified atom stereocenters. The van der Waals surface area contributed by atoms with E-state index >= 15 is 0 Å². The van der Waals surface area contributed by atoms with E-state index in [2.05, 4.69) is 9.97 Å². The minimum absolute atomic E-state index is 0.114. The molecule has 0 aliphatic carbocycles. The van der Waals surface area contributed by atoms with Gasteiger partial charge >= 0.3 is 0 Å². The van der Waals surface area contributed by atoms with Crippen LogP contribution in [0.3, 0.4) is 0 Å². The fraction of sp³-hybridized carbons (Fsp3) is 0.188. The lowest BCUT2D eigenvalue weighted by Gasteiger charge is -2.12. The maximum Gasteiger partial charge on any atom is 0.260 e. The summed E-state index contributed by atoms with van der Waals surface area (Å²) in [6, 6.07) is 7.04. The number of hydrogen-bond acceptors (Lipinski definition) is 5. The Labute approximate surface area is 127 Å². The first-order valence-electron chi connectivity index (χ1n) is 6.74. The summed E-state index contributed by atoms with van der Waals surface area (Å²) in [5.41, 5.74) is 1.19. The molecular weight excluding hydrogens is 282 g/mol. The molecule has 0 radical (unpaired) electrons. The van der Waals surface area contributed by atoms with E-state index in [9.17, 15) is 4.79 Å². The molecule has 0 bridgehead atoms. The van der Waals surface area contributed by atoms with Crippen LogP contribution >= 0.6 is 0 Å².